The van der Waals surface area contributed by atoms with E-state index < -0.39 is 0 Å². The Hall–Kier alpha value is -2.70. The lowest BCUT2D eigenvalue weighted by molar-refractivity contribution is 0.0989. The summed E-state index contributed by atoms with van der Waals surface area (Å²) < 4.78 is 2.23. The molecule has 2 aromatic carbocycles. The van der Waals surface area contributed by atoms with Gasteiger partial charge in [-0.3, -0.25) is 9.36 Å². The highest BCUT2D eigenvalue weighted by atomic mass is 32.2. The lowest BCUT2D eigenvalue weighted by atomic mass is 10.0. The summed E-state index contributed by atoms with van der Waals surface area (Å²) in [6, 6.07) is 24.0. The monoisotopic (exact) mass is 417 g/mol. The third-order valence-electron chi connectivity index (χ3n) is 4.94. The fourth-order valence-corrected chi connectivity index (χ4v) is 5.24. The summed E-state index contributed by atoms with van der Waals surface area (Å²) >= 11 is 3.17. The van der Waals surface area contributed by atoms with Gasteiger partial charge in [-0.25, -0.2) is 0 Å². The van der Waals surface area contributed by atoms with Crippen molar-refractivity contribution in [2.75, 3.05) is 0 Å². The van der Waals surface area contributed by atoms with E-state index in [-0.39, 0.29) is 11.0 Å². The highest BCUT2D eigenvalue weighted by Gasteiger charge is 2.33. The van der Waals surface area contributed by atoms with Gasteiger partial charge in [0.1, 0.15) is 5.25 Å². The van der Waals surface area contributed by atoms with Gasteiger partial charge in [-0.1, -0.05) is 78.5 Å². The zero-order chi connectivity index (χ0) is 19.6. The van der Waals surface area contributed by atoms with Gasteiger partial charge in [0, 0.05) is 11.6 Å². The zero-order valence-corrected chi connectivity index (χ0v) is 17.3. The van der Waals surface area contributed by atoms with E-state index >= 15 is 0 Å². The molecule has 144 valence electrons. The summed E-state index contributed by atoms with van der Waals surface area (Å²) in [4.78, 5) is 14.5. The van der Waals surface area contributed by atoms with Crippen molar-refractivity contribution >= 4 is 28.9 Å². The number of thioether (sulfide) groups is 1. The van der Waals surface area contributed by atoms with Crippen LogP contribution in [0.5, 0.6) is 0 Å². The van der Waals surface area contributed by atoms with Gasteiger partial charge in [0.25, 0.3) is 0 Å². The SMILES string of the molecule is O=C(c1ccccc1)[C@H](Sc1nnc(-c2cccs2)n1C1CC1)c1ccccc1. The summed E-state index contributed by atoms with van der Waals surface area (Å²) in [5.74, 6) is 0.994. The van der Waals surface area contributed by atoms with Gasteiger partial charge in [-0.05, 0) is 29.9 Å². The van der Waals surface area contributed by atoms with Gasteiger partial charge >= 0.3 is 0 Å². The molecule has 1 fully saturated rings. The molecule has 0 amide bonds. The van der Waals surface area contributed by atoms with Crippen molar-refractivity contribution in [3.05, 3.63) is 89.3 Å². The van der Waals surface area contributed by atoms with E-state index in [1.165, 1.54) is 11.8 Å². The molecule has 2 aromatic heterocycles. The van der Waals surface area contributed by atoms with Crippen LogP contribution in [0.25, 0.3) is 10.7 Å². The van der Waals surface area contributed by atoms with Crippen molar-refractivity contribution in [3.63, 3.8) is 0 Å². The molecule has 1 aliphatic rings. The fourth-order valence-electron chi connectivity index (χ4n) is 3.35. The molecule has 4 aromatic rings. The second kappa shape index (κ2) is 7.97. The standard InChI is InChI=1S/C23H19N3OS2/c27-20(16-8-3-1-4-9-16)21(17-10-5-2-6-11-17)29-23-25-24-22(19-12-7-15-28-19)26(23)18-13-14-18/h1-12,15,18,21H,13-14H2/t21-/m1/s1. The molecule has 2 heterocycles. The Kier molecular flexibility index (Phi) is 5.04. The lowest BCUT2D eigenvalue weighted by Crippen LogP contribution is -2.11. The number of thiophene rings is 1. The highest BCUT2D eigenvalue weighted by Crippen LogP contribution is 2.45. The van der Waals surface area contributed by atoms with Crippen molar-refractivity contribution < 1.29 is 4.79 Å². The van der Waals surface area contributed by atoms with Gasteiger partial charge in [-0.15, -0.1) is 21.5 Å². The maximum absolute atomic E-state index is 13.4. The minimum atomic E-state index is -0.364. The van der Waals surface area contributed by atoms with Crippen LogP contribution in [0.4, 0.5) is 0 Å². The number of hydrogen-bond acceptors (Lipinski definition) is 5. The van der Waals surface area contributed by atoms with Crippen LogP contribution in [-0.4, -0.2) is 20.5 Å². The summed E-state index contributed by atoms with van der Waals surface area (Å²) in [6.45, 7) is 0. The summed E-state index contributed by atoms with van der Waals surface area (Å²) in [7, 11) is 0. The van der Waals surface area contributed by atoms with E-state index in [9.17, 15) is 4.79 Å². The van der Waals surface area contributed by atoms with E-state index in [1.807, 2.05) is 66.7 Å². The van der Waals surface area contributed by atoms with E-state index in [2.05, 4.69) is 26.2 Å². The molecule has 0 spiro atoms. The van der Waals surface area contributed by atoms with E-state index in [0.29, 0.717) is 11.6 Å². The molecule has 0 bridgehead atoms. The van der Waals surface area contributed by atoms with Gasteiger partial charge in [-0.2, -0.15) is 0 Å². The van der Waals surface area contributed by atoms with Crippen molar-refractivity contribution in [2.24, 2.45) is 0 Å². The van der Waals surface area contributed by atoms with Crippen molar-refractivity contribution in [1.29, 1.82) is 0 Å². The van der Waals surface area contributed by atoms with Crippen LogP contribution in [0.15, 0.2) is 83.3 Å². The Morgan fingerprint density at radius 2 is 1.69 bits per heavy atom. The van der Waals surface area contributed by atoms with Crippen LogP contribution in [0.1, 0.15) is 40.1 Å². The third-order valence-corrected chi connectivity index (χ3v) is 7.02. The van der Waals surface area contributed by atoms with E-state index in [1.54, 1.807) is 11.3 Å². The Bertz CT molecular complexity index is 1100. The molecule has 6 heteroatoms. The molecular formula is C23H19N3OS2. The lowest BCUT2D eigenvalue weighted by Gasteiger charge is -2.16. The van der Waals surface area contributed by atoms with E-state index in [0.717, 1.165) is 34.3 Å². The quantitative estimate of drug-likeness (QED) is 0.271. The smallest absolute Gasteiger partial charge is 0.192 e. The largest absolute Gasteiger partial charge is 0.298 e. The van der Waals surface area contributed by atoms with Gasteiger partial charge < -0.3 is 0 Å². The molecule has 0 N–H and O–H groups in total. The van der Waals surface area contributed by atoms with Crippen LogP contribution in [0, 0.1) is 0 Å². The average molecular weight is 418 g/mol. The molecular weight excluding hydrogens is 398 g/mol. The van der Waals surface area contributed by atoms with E-state index in [4.69, 9.17) is 0 Å². The number of hydrogen-bond donors (Lipinski definition) is 0. The second-order valence-electron chi connectivity index (χ2n) is 7.02. The van der Waals surface area contributed by atoms with Crippen LogP contribution in [-0.2, 0) is 0 Å². The molecule has 0 unspecified atom stereocenters. The zero-order valence-electron chi connectivity index (χ0n) is 15.6. The first-order chi connectivity index (χ1) is 14.3. The molecule has 1 saturated carbocycles. The van der Waals surface area contributed by atoms with Crippen LogP contribution >= 0.6 is 23.1 Å². The average Bonchev–Trinajstić information content (AvgIpc) is 3.30. The molecule has 29 heavy (non-hydrogen) atoms. The molecule has 5 rings (SSSR count). The van der Waals surface area contributed by atoms with Gasteiger partial charge in [0.2, 0.25) is 0 Å². The topological polar surface area (TPSA) is 47.8 Å². The number of carbonyl (C=O) groups excluding carboxylic acids is 1. The van der Waals surface area contributed by atoms with Crippen molar-refractivity contribution in [2.45, 2.75) is 29.3 Å². The Balaban J connectivity index is 1.54. The van der Waals surface area contributed by atoms with Crippen LogP contribution < -0.4 is 0 Å². The normalized spacial score (nSPS) is 14.6. The molecule has 1 aliphatic carbocycles. The fraction of sp³-hybridized carbons (Fsp3) is 0.174. The number of benzene rings is 2. The van der Waals surface area contributed by atoms with Crippen LogP contribution in [0.2, 0.25) is 0 Å². The Labute approximate surface area is 177 Å². The van der Waals surface area contributed by atoms with Crippen LogP contribution in [0.3, 0.4) is 0 Å². The summed E-state index contributed by atoms with van der Waals surface area (Å²) in [5, 5.41) is 11.5. The number of ketones is 1. The van der Waals surface area contributed by atoms with Gasteiger partial charge in [0.15, 0.2) is 16.8 Å². The molecule has 0 radical (unpaired) electrons. The first-order valence-electron chi connectivity index (χ1n) is 9.61. The highest BCUT2D eigenvalue weighted by molar-refractivity contribution is 8.00. The maximum Gasteiger partial charge on any atom is 0.192 e. The second-order valence-corrected chi connectivity index (χ2v) is 9.04. The Morgan fingerprint density at radius 3 is 2.34 bits per heavy atom. The predicted molar refractivity (Wildman–Crippen MR) is 117 cm³/mol. The van der Waals surface area contributed by atoms with Crippen molar-refractivity contribution in [3.8, 4) is 10.7 Å². The summed E-state index contributed by atoms with van der Waals surface area (Å²) in [5.41, 5.74) is 1.69. The number of Topliss-reactive ketones (excluding diaryl/α,β-unsaturated/α-hetero) is 1. The minimum absolute atomic E-state index is 0.0878. The molecule has 4 nitrogen and oxygen atoms in total. The maximum atomic E-state index is 13.4. The third kappa shape index (κ3) is 3.78. The number of carbonyl (C=O) groups is 1. The predicted octanol–water partition coefficient (Wildman–Crippen LogP) is 6.06. The number of nitrogens with zero attached hydrogens (tertiary/aromatic N) is 3. The Morgan fingerprint density at radius 1 is 0.966 bits per heavy atom. The number of aromatic nitrogens is 3. The number of rotatable bonds is 7. The van der Waals surface area contributed by atoms with Gasteiger partial charge in [0.05, 0.1) is 4.88 Å². The van der Waals surface area contributed by atoms with Crippen molar-refractivity contribution in [1.82, 2.24) is 14.8 Å². The summed E-state index contributed by atoms with van der Waals surface area (Å²) in [6.07, 6.45) is 2.26. The first-order valence-corrected chi connectivity index (χ1v) is 11.4. The first kappa shape index (κ1) is 18.3. The molecule has 0 saturated heterocycles. The molecule has 1 atom stereocenters. The molecule has 0 aliphatic heterocycles. The minimum Gasteiger partial charge on any atom is -0.298 e.